The number of aromatic nitrogens is 2. The molecule has 0 spiro atoms. The maximum absolute atomic E-state index is 12.4. The van der Waals surface area contributed by atoms with Crippen molar-refractivity contribution in [2.45, 2.75) is 12.3 Å². The molecular formula is C11H9F3N2O. The number of benzene rings is 1. The molecule has 0 radical (unpaired) electrons. The van der Waals surface area contributed by atoms with Crippen LogP contribution in [0.25, 0.3) is 5.69 Å². The van der Waals surface area contributed by atoms with Gasteiger partial charge in [0, 0.05) is 6.20 Å². The van der Waals surface area contributed by atoms with Gasteiger partial charge in [-0.1, -0.05) is 18.2 Å². The van der Waals surface area contributed by atoms with Crippen LogP contribution in [0.4, 0.5) is 13.2 Å². The van der Waals surface area contributed by atoms with Gasteiger partial charge in [-0.15, -0.1) is 0 Å². The van der Waals surface area contributed by atoms with Crippen LogP contribution in [-0.2, 0) is 0 Å². The Kier molecular flexibility index (Phi) is 2.89. The van der Waals surface area contributed by atoms with Crippen LogP contribution in [0, 0.1) is 0 Å². The van der Waals surface area contributed by atoms with Gasteiger partial charge in [-0.3, -0.25) is 0 Å². The van der Waals surface area contributed by atoms with Gasteiger partial charge in [0.1, 0.15) is 0 Å². The molecule has 1 aromatic heterocycles. The lowest BCUT2D eigenvalue weighted by atomic mass is 10.2. The van der Waals surface area contributed by atoms with Crippen molar-refractivity contribution in [3.63, 3.8) is 0 Å². The van der Waals surface area contributed by atoms with Crippen molar-refractivity contribution >= 4 is 0 Å². The summed E-state index contributed by atoms with van der Waals surface area (Å²) < 4.78 is 38.3. The first-order valence-corrected chi connectivity index (χ1v) is 4.84. The highest BCUT2D eigenvalue weighted by Gasteiger charge is 2.41. The molecule has 0 aliphatic heterocycles. The van der Waals surface area contributed by atoms with Crippen LogP contribution in [0.5, 0.6) is 0 Å². The highest BCUT2D eigenvalue weighted by atomic mass is 19.4. The second kappa shape index (κ2) is 4.21. The van der Waals surface area contributed by atoms with E-state index in [1.54, 1.807) is 30.3 Å². The SMILES string of the molecule is O[C@@H](c1ccnn1-c1ccccc1)C(F)(F)F. The summed E-state index contributed by atoms with van der Waals surface area (Å²) in [5, 5.41) is 13.0. The second-order valence-electron chi connectivity index (χ2n) is 3.45. The molecule has 1 heterocycles. The minimum absolute atomic E-state index is 0.302. The van der Waals surface area contributed by atoms with E-state index in [1.807, 2.05) is 0 Å². The molecule has 2 aromatic rings. The maximum Gasteiger partial charge on any atom is 0.420 e. The Labute approximate surface area is 95.1 Å². The molecule has 0 bridgehead atoms. The third-order valence-electron chi connectivity index (χ3n) is 2.26. The molecule has 90 valence electrons. The van der Waals surface area contributed by atoms with Gasteiger partial charge in [0.05, 0.1) is 11.4 Å². The van der Waals surface area contributed by atoms with Crippen molar-refractivity contribution in [1.82, 2.24) is 9.78 Å². The smallest absolute Gasteiger partial charge is 0.378 e. The van der Waals surface area contributed by atoms with Crippen LogP contribution in [-0.4, -0.2) is 21.1 Å². The molecule has 0 saturated carbocycles. The summed E-state index contributed by atoms with van der Waals surface area (Å²) in [7, 11) is 0. The first kappa shape index (κ1) is 11.7. The van der Waals surface area contributed by atoms with Crippen LogP contribution >= 0.6 is 0 Å². The van der Waals surface area contributed by atoms with E-state index in [0.717, 1.165) is 10.7 Å². The van der Waals surface area contributed by atoms with Crippen LogP contribution in [0.1, 0.15) is 11.8 Å². The molecule has 0 amide bonds. The second-order valence-corrected chi connectivity index (χ2v) is 3.45. The number of nitrogens with zero attached hydrogens (tertiary/aromatic N) is 2. The molecule has 3 nitrogen and oxygen atoms in total. The Balaban J connectivity index is 2.43. The van der Waals surface area contributed by atoms with Gasteiger partial charge in [-0.05, 0) is 18.2 Å². The summed E-state index contributed by atoms with van der Waals surface area (Å²) in [4.78, 5) is 0. The molecule has 2 rings (SSSR count). The van der Waals surface area contributed by atoms with Gasteiger partial charge in [-0.25, -0.2) is 4.68 Å². The predicted octanol–water partition coefficient (Wildman–Crippen LogP) is 2.47. The fraction of sp³-hybridized carbons (Fsp3) is 0.182. The van der Waals surface area contributed by atoms with Crippen molar-refractivity contribution in [3.05, 3.63) is 48.3 Å². The van der Waals surface area contributed by atoms with Gasteiger partial charge in [0.15, 0.2) is 6.10 Å². The summed E-state index contributed by atoms with van der Waals surface area (Å²) in [6, 6.07) is 9.47. The largest absolute Gasteiger partial charge is 0.420 e. The lowest BCUT2D eigenvalue weighted by Gasteiger charge is -2.16. The lowest BCUT2D eigenvalue weighted by Crippen LogP contribution is -2.23. The molecule has 0 unspecified atom stereocenters. The number of rotatable bonds is 2. The number of aliphatic hydroxyl groups excluding tert-OH is 1. The average molecular weight is 242 g/mol. The number of para-hydroxylation sites is 1. The Morgan fingerprint density at radius 3 is 2.35 bits per heavy atom. The third-order valence-corrected chi connectivity index (χ3v) is 2.26. The molecule has 0 fully saturated rings. The first-order chi connectivity index (χ1) is 8.00. The van der Waals surface area contributed by atoms with Crippen molar-refractivity contribution in [1.29, 1.82) is 0 Å². The first-order valence-electron chi connectivity index (χ1n) is 4.84. The zero-order chi connectivity index (χ0) is 12.5. The quantitative estimate of drug-likeness (QED) is 0.878. The van der Waals surface area contributed by atoms with E-state index in [-0.39, 0.29) is 5.69 Å². The number of alkyl halides is 3. The standard InChI is InChI=1S/C11H9F3N2O/c12-11(13,14)10(17)9-6-7-15-16(9)8-4-2-1-3-5-8/h1-7,10,17H/t10-/m0/s1. The van der Waals surface area contributed by atoms with Crippen molar-refractivity contribution in [2.75, 3.05) is 0 Å². The monoisotopic (exact) mass is 242 g/mol. The molecule has 17 heavy (non-hydrogen) atoms. The van der Waals surface area contributed by atoms with Crippen molar-refractivity contribution < 1.29 is 18.3 Å². The summed E-state index contributed by atoms with van der Waals surface area (Å²) in [6.45, 7) is 0. The molecule has 1 aromatic carbocycles. The van der Waals surface area contributed by atoms with E-state index in [9.17, 15) is 18.3 Å². The predicted molar refractivity (Wildman–Crippen MR) is 54.6 cm³/mol. The van der Waals surface area contributed by atoms with Crippen LogP contribution in [0.2, 0.25) is 0 Å². The highest BCUT2D eigenvalue weighted by Crippen LogP contribution is 2.32. The number of hydrogen-bond acceptors (Lipinski definition) is 2. The third kappa shape index (κ3) is 2.31. The molecule has 0 aliphatic carbocycles. The van der Waals surface area contributed by atoms with E-state index in [4.69, 9.17) is 0 Å². The van der Waals surface area contributed by atoms with E-state index >= 15 is 0 Å². The number of halogens is 3. The van der Waals surface area contributed by atoms with E-state index in [0.29, 0.717) is 5.69 Å². The molecule has 6 heteroatoms. The molecule has 1 atom stereocenters. The average Bonchev–Trinajstić information content (AvgIpc) is 2.76. The zero-order valence-corrected chi connectivity index (χ0v) is 8.59. The van der Waals surface area contributed by atoms with Gasteiger partial charge < -0.3 is 5.11 Å². The molecular weight excluding hydrogens is 233 g/mol. The summed E-state index contributed by atoms with van der Waals surface area (Å²) >= 11 is 0. The van der Waals surface area contributed by atoms with Crippen LogP contribution in [0.3, 0.4) is 0 Å². The lowest BCUT2D eigenvalue weighted by molar-refractivity contribution is -0.208. The molecule has 0 aliphatic rings. The van der Waals surface area contributed by atoms with Gasteiger partial charge >= 0.3 is 6.18 Å². The Morgan fingerprint density at radius 1 is 1.12 bits per heavy atom. The van der Waals surface area contributed by atoms with Gasteiger partial charge in [-0.2, -0.15) is 18.3 Å². The number of aliphatic hydroxyl groups is 1. The van der Waals surface area contributed by atoms with E-state index in [1.165, 1.54) is 6.20 Å². The van der Waals surface area contributed by atoms with Gasteiger partial charge in [0.2, 0.25) is 0 Å². The fourth-order valence-corrected chi connectivity index (χ4v) is 1.47. The van der Waals surface area contributed by atoms with Crippen LogP contribution < -0.4 is 0 Å². The molecule has 0 saturated heterocycles. The van der Waals surface area contributed by atoms with Gasteiger partial charge in [0.25, 0.3) is 0 Å². The molecule has 1 N–H and O–H groups in total. The topological polar surface area (TPSA) is 38.1 Å². The zero-order valence-electron chi connectivity index (χ0n) is 8.59. The van der Waals surface area contributed by atoms with E-state index in [2.05, 4.69) is 5.10 Å². The summed E-state index contributed by atoms with van der Waals surface area (Å²) in [5.41, 5.74) is 0.166. The Bertz CT molecular complexity index is 493. The highest BCUT2D eigenvalue weighted by molar-refractivity contribution is 5.33. The fourth-order valence-electron chi connectivity index (χ4n) is 1.47. The Hall–Kier alpha value is -1.82. The maximum atomic E-state index is 12.4. The van der Waals surface area contributed by atoms with Crippen molar-refractivity contribution in [2.24, 2.45) is 0 Å². The normalized spacial score (nSPS) is 13.6. The minimum Gasteiger partial charge on any atom is -0.378 e. The summed E-state index contributed by atoms with van der Waals surface area (Å²) in [5.74, 6) is 0. The van der Waals surface area contributed by atoms with E-state index < -0.39 is 12.3 Å². The minimum atomic E-state index is -4.70. The Morgan fingerprint density at radius 2 is 1.76 bits per heavy atom. The van der Waals surface area contributed by atoms with Crippen molar-refractivity contribution in [3.8, 4) is 5.69 Å². The summed E-state index contributed by atoms with van der Waals surface area (Å²) in [6.07, 6.45) is -6.02. The van der Waals surface area contributed by atoms with Crippen LogP contribution in [0.15, 0.2) is 42.6 Å². The number of hydrogen-bond donors (Lipinski definition) is 1.